The zero-order valence-electron chi connectivity index (χ0n) is 9.40. The second kappa shape index (κ2) is 6.71. The number of rotatable bonds is 4. The zero-order valence-corrected chi connectivity index (χ0v) is 10.2. The summed E-state index contributed by atoms with van der Waals surface area (Å²) >= 11 is 1.12. The number of nitriles is 1. The van der Waals surface area contributed by atoms with Crippen LogP contribution in [0.25, 0.3) is 0 Å². The Hall–Kier alpha value is -1.80. The number of nitrogens with one attached hydrogen (secondary N) is 1. The van der Waals surface area contributed by atoms with Gasteiger partial charge in [-0.25, -0.2) is 0 Å². The first-order valence-electron chi connectivity index (χ1n) is 5.06. The van der Waals surface area contributed by atoms with E-state index in [4.69, 9.17) is 5.26 Å². The number of hydrogen-bond acceptors (Lipinski definition) is 4. The number of para-hydroxylation sites is 1. The standard InChI is InChI=1S/C12H12N2O2S/c1-9(15)17-7-6-12(16)14-11-5-3-2-4-10(11)8-13/h2-5H,6-7H2,1H3,(H,14,16). The average Bonchev–Trinajstić information content (AvgIpc) is 2.29. The largest absolute Gasteiger partial charge is 0.325 e. The van der Waals surface area contributed by atoms with Gasteiger partial charge in [-0.05, 0) is 12.1 Å². The number of carbonyl (C=O) groups excluding carboxylic acids is 2. The van der Waals surface area contributed by atoms with E-state index in [1.165, 1.54) is 6.92 Å². The van der Waals surface area contributed by atoms with Crippen molar-refractivity contribution < 1.29 is 9.59 Å². The third kappa shape index (κ3) is 4.70. The van der Waals surface area contributed by atoms with Gasteiger partial charge in [0.25, 0.3) is 0 Å². The monoisotopic (exact) mass is 248 g/mol. The fraction of sp³-hybridized carbons (Fsp3) is 0.250. The predicted octanol–water partition coefficient (Wildman–Crippen LogP) is 2.17. The minimum absolute atomic E-state index is 0.00442. The fourth-order valence-electron chi connectivity index (χ4n) is 1.19. The Kier molecular flexibility index (Phi) is 5.24. The lowest BCUT2D eigenvalue weighted by atomic mass is 10.2. The van der Waals surface area contributed by atoms with E-state index in [-0.39, 0.29) is 17.4 Å². The maximum Gasteiger partial charge on any atom is 0.225 e. The molecule has 1 aromatic carbocycles. The SMILES string of the molecule is CC(=O)SCCC(=O)Nc1ccccc1C#N. The molecule has 0 heterocycles. The molecule has 1 rings (SSSR count). The minimum Gasteiger partial charge on any atom is -0.325 e. The van der Waals surface area contributed by atoms with Crippen molar-refractivity contribution in [3.8, 4) is 6.07 Å². The van der Waals surface area contributed by atoms with Gasteiger partial charge in [0.15, 0.2) is 5.12 Å². The van der Waals surface area contributed by atoms with E-state index in [0.29, 0.717) is 17.0 Å². The summed E-state index contributed by atoms with van der Waals surface area (Å²) in [4.78, 5) is 22.2. The van der Waals surface area contributed by atoms with Crippen molar-refractivity contribution in [2.45, 2.75) is 13.3 Å². The van der Waals surface area contributed by atoms with Gasteiger partial charge in [0.05, 0.1) is 11.3 Å². The van der Waals surface area contributed by atoms with Gasteiger partial charge in [0, 0.05) is 19.1 Å². The number of hydrogen-bond donors (Lipinski definition) is 1. The van der Waals surface area contributed by atoms with Crippen molar-refractivity contribution in [1.29, 1.82) is 5.26 Å². The van der Waals surface area contributed by atoms with Crippen LogP contribution in [0.1, 0.15) is 18.9 Å². The minimum atomic E-state index is -0.193. The third-order valence-corrected chi connectivity index (χ3v) is 2.77. The summed E-state index contributed by atoms with van der Waals surface area (Å²) < 4.78 is 0. The highest BCUT2D eigenvalue weighted by Gasteiger charge is 2.06. The Morgan fingerprint density at radius 1 is 1.41 bits per heavy atom. The normalized spacial score (nSPS) is 9.41. The Bertz CT molecular complexity index is 466. The Morgan fingerprint density at radius 2 is 2.12 bits per heavy atom. The molecule has 0 aliphatic heterocycles. The molecule has 17 heavy (non-hydrogen) atoms. The topological polar surface area (TPSA) is 70.0 Å². The summed E-state index contributed by atoms with van der Waals surface area (Å²) in [7, 11) is 0. The first-order chi connectivity index (χ1) is 8.13. The molecule has 1 aromatic rings. The molecule has 0 radical (unpaired) electrons. The van der Waals surface area contributed by atoms with Crippen LogP contribution in [0.5, 0.6) is 0 Å². The van der Waals surface area contributed by atoms with Gasteiger partial charge >= 0.3 is 0 Å². The second-order valence-electron chi connectivity index (χ2n) is 3.30. The molecular formula is C12H12N2O2S. The number of nitrogens with zero attached hydrogens (tertiary/aromatic N) is 1. The van der Waals surface area contributed by atoms with Gasteiger partial charge in [0.2, 0.25) is 5.91 Å². The van der Waals surface area contributed by atoms with Crippen LogP contribution in [0.2, 0.25) is 0 Å². The van der Waals surface area contributed by atoms with Gasteiger partial charge in [0.1, 0.15) is 6.07 Å². The molecule has 1 N–H and O–H groups in total. The molecule has 0 aliphatic carbocycles. The van der Waals surface area contributed by atoms with Crippen molar-refractivity contribution in [3.05, 3.63) is 29.8 Å². The van der Waals surface area contributed by atoms with Crippen molar-refractivity contribution in [2.75, 3.05) is 11.1 Å². The molecule has 0 aromatic heterocycles. The average molecular weight is 248 g/mol. The lowest BCUT2D eigenvalue weighted by Crippen LogP contribution is -2.13. The van der Waals surface area contributed by atoms with Crippen molar-refractivity contribution in [3.63, 3.8) is 0 Å². The Labute approximate surface area is 104 Å². The number of carbonyl (C=O) groups is 2. The lowest BCUT2D eigenvalue weighted by Gasteiger charge is -2.05. The maximum atomic E-state index is 11.5. The van der Waals surface area contributed by atoms with E-state index in [9.17, 15) is 9.59 Å². The molecule has 0 spiro atoms. The molecule has 0 aliphatic rings. The molecule has 88 valence electrons. The van der Waals surface area contributed by atoms with Gasteiger partial charge in [-0.15, -0.1) is 0 Å². The number of amides is 1. The van der Waals surface area contributed by atoms with Crippen LogP contribution < -0.4 is 5.32 Å². The molecule has 1 amide bonds. The van der Waals surface area contributed by atoms with Crippen LogP contribution >= 0.6 is 11.8 Å². The van der Waals surface area contributed by atoms with Crippen molar-refractivity contribution in [1.82, 2.24) is 0 Å². The first-order valence-corrected chi connectivity index (χ1v) is 6.04. The Balaban J connectivity index is 2.51. The van der Waals surface area contributed by atoms with Gasteiger partial charge in [-0.3, -0.25) is 9.59 Å². The summed E-state index contributed by atoms with van der Waals surface area (Å²) in [5.41, 5.74) is 0.938. The maximum absolute atomic E-state index is 11.5. The molecule has 0 unspecified atom stereocenters. The van der Waals surface area contributed by atoms with Gasteiger partial charge in [-0.2, -0.15) is 5.26 Å². The molecular weight excluding hydrogens is 236 g/mol. The molecule has 4 nitrogen and oxygen atoms in total. The summed E-state index contributed by atoms with van der Waals surface area (Å²) in [6, 6.07) is 8.80. The van der Waals surface area contributed by atoms with Crippen LogP contribution in [0.3, 0.4) is 0 Å². The number of thioether (sulfide) groups is 1. The molecule has 0 fully saturated rings. The van der Waals surface area contributed by atoms with E-state index < -0.39 is 0 Å². The summed E-state index contributed by atoms with van der Waals surface area (Å²) in [6.45, 7) is 1.47. The van der Waals surface area contributed by atoms with Crippen LogP contribution in [-0.4, -0.2) is 16.8 Å². The lowest BCUT2D eigenvalue weighted by molar-refractivity contribution is -0.115. The fourth-order valence-corrected chi connectivity index (χ4v) is 1.76. The van der Waals surface area contributed by atoms with Gasteiger partial charge in [-0.1, -0.05) is 23.9 Å². The number of anilines is 1. The highest BCUT2D eigenvalue weighted by atomic mass is 32.2. The van der Waals surface area contributed by atoms with Crippen LogP contribution in [-0.2, 0) is 9.59 Å². The Morgan fingerprint density at radius 3 is 2.76 bits per heavy atom. The van der Waals surface area contributed by atoms with Crippen LogP contribution in [0.15, 0.2) is 24.3 Å². The summed E-state index contributed by atoms with van der Waals surface area (Å²) in [5, 5.41) is 11.5. The van der Waals surface area contributed by atoms with Crippen molar-refractivity contribution >= 4 is 28.5 Å². The quantitative estimate of drug-likeness (QED) is 0.886. The molecule has 0 bridgehead atoms. The highest BCUT2D eigenvalue weighted by molar-refractivity contribution is 8.13. The summed E-state index contributed by atoms with van der Waals surface area (Å²) in [5.74, 6) is 0.261. The van der Waals surface area contributed by atoms with E-state index in [0.717, 1.165) is 11.8 Å². The van der Waals surface area contributed by atoms with Crippen LogP contribution in [0.4, 0.5) is 5.69 Å². The molecule has 0 atom stereocenters. The highest BCUT2D eigenvalue weighted by Crippen LogP contribution is 2.14. The smallest absolute Gasteiger partial charge is 0.225 e. The third-order valence-electron chi connectivity index (χ3n) is 1.96. The molecule has 5 heteroatoms. The van der Waals surface area contributed by atoms with Crippen molar-refractivity contribution in [2.24, 2.45) is 0 Å². The summed E-state index contributed by atoms with van der Waals surface area (Å²) in [6.07, 6.45) is 0.254. The second-order valence-corrected chi connectivity index (χ2v) is 4.57. The van der Waals surface area contributed by atoms with E-state index in [2.05, 4.69) is 5.32 Å². The van der Waals surface area contributed by atoms with E-state index in [1.54, 1.807) is 24.3 Å². The zero-order chi connectivity index (χ0) is 12.7. The van der Waals surface area contributed by atoms with Gasteiger partial charge < -0.3 is 5.32 Å². The predicted molar refractivity (Wildman–Crippen MR) is 67.5 cm³/mol. The number of benzene rings is 1. The molecule has 0 saturated carbocycles. The first kappa shape index (κ1) is 13.3. The molecule has 0 saturated heterocycles. The van der Waals surface area contributed by atoms with Crippen LogP contribution in [0, 0.1) is 11.3 Å². The van der Waals surface area contributed by atoms with E-state index >= 15 is 0 Å². The van der Waals surface area contributed by atoms with E-state index in [1.807, 2.05) is 6.07 Å².